The van der Waals surface area contributed by atoms with Crippen molar-refractivity contribution in [1.29, 1.82) is 0 Å². The van der Waals surface area contributed by atoms with Gasteiger partial charge in [-0.05, 0) is 30.2 Å². The molecule has 4 aromatic rings. The first-order chi connectivity index (χ1) is 16.3. The van der Waals surface area contributed by atoms with Crippen molar-refractivity contribution in [2.45, 2.75) is 19.3 Å². The monoisotopic (exact) mass is 440 g/mol. The van der Waals surface area contributed by atoms with E-state index in [0.29, 0.717) is 36.9 Å². The second kappa shape index (κ2) is 11.6. The quantitative estimate of drug-likeness (QED) is 0.301. The number of nitrogens with zero attached hydrogens (tertiary/aromatic N) is 4. The average molecular weight is 441 g/mol. The van der Waals surface area contributed by atoms with Crippen LogP contribution in [0, 0.1) is 0 Å². The van der Waals surface area contributed by atoms with Gasteiger partial charge in [0.1, 0.15) is 5.69 Å². The summed E-state index contributed by atoms with van der Waals surface area (Å²) in [7, 11) is 0. The first-order valence-corrected chi connectivity index (χ1v) is 11.2. The molecule has 0 saturated carbocycles. The maximum atomic E-state index is 5.34. The summed E-state index contributed by atoms with van der Waals surface area (Å²) in [5.41, 5.74) is 3.17. The summed E-state index contributed by atoms with van der Waals surface area (Å²) in [6.45, 7) is 4.10. The maximum Gasteiger partial charge on any atom is 0.276 e. The third kappa shape index (κ3) is 6.26. The Balaban J connectivity index is 1.40. The molecule has 0 bridgehead atoms. The molecule has 0 aliphatic rings. The number of aromatic nitrogens is 3. The summed E-state index contributed by atoms with van der Waals surface area (Å²) in [5.74, 6) is 2.01. The predicted octanol–water partition coefficient (Wildman–Crippen LogP) is 4.06. The van der Waals surface area contributed by atoms with Crippen LogP contribution >= 0.6 is 0 Å². The van der Waals surface area contributed by atoms with Crippen LogP contribution < -0.4 is 10.6 Å². The molecule has 33 heavy (non-hydrogen) atoms. The van der Waals surface area contributed by atoms with E-state index < -0.39 is 0 Å². The van der Waals surface area contributed by atoms with Crippen LogP contribution in [0.25, 0.3) is 11.6 Å². The minimum atomic E-state index is 0.181. The van der Waals surface area contributed by atoms with Gasteiger partial charge in [-0.3, -0.25) is 9.98 Å². The van der Waals surface area contributed by atoms with Crippen molar-refractivity contribution in [3.63, 3.8) is 0 Å². The van der Waals surface area contributed by atoms with Gasteiger partial charge in [0.2, 0.25) is 0 Å². The standard InChI is InChI=1S/C26H28N6O/c1-2-27-26(29-18-16-24-31-25(33-32-24)23-15-9-10-17-28-23)30-19-22(20-11-5-3-6-12-20)21-13-7-4-8-14-21/h3-15,17,22H,2,16,18-19H2,1H3,(H2,27,29,30). The van der Waals surface area contributed by atoms with E-state index in [4.69, 9.17) is 9.52 Å². The van der Waals surface area contributed by atoms with Crippen molar-refractivity contribution in [2.24, 2.45) is 4.99 Å². The van der Waals surface area contributed by atoms with E-state index in [2.05, 4.69) is 81.2 Å². The average Bonchev–Trinajstić information content (AvgIpc) is 3.35. The van der Waals surface area contributed by atoms with Crippen molar-refractivity contribution in [3.8, 4) is 11.6 Å². The molecule has 0 spiro atoms. The van der Waals surface area contributed by atoms with Gasteiger partial charge in [-0.1, -0.05) is 71.9 Å². The zero-order valence-electron chi connectivity index (χ0n) is 18.7. The molecular weight excluding hydrogens is 412 g/mol. The van der Waals surface area contributed by atoms with E-state index in [1.165, 1.54) is 11.1 Å². The lowest BCUT2D eigenvalue weighted by molar-refractivity contribution is 0.421. The zero-order valence-corrected chi connectivity index (χ0v) is 18.7. The fourth-order valence-electron chi connectivity index (χ4n) is 3.54. The zero-order chi connectivity index (χ0) is 22.7. The largest absolute Gasteiger partial charge is 0.357 e. The van der Waals surface area contributed by atoms with E-state index >= 15 is 0 Å². The third-order valence-corrected chi connectivity index (χ3v) is 5.17. The van der Waals surface area contributed by atoms with Crippen LogP contribution in [0.5, 0.6) is 0 Å². The number of hydrogen-bond donors (Lipinski definition) is 2. The molecule has 7 nitrogen and oxygen atoms in total. The fraction of sp³-hybridized carbons (Fsp3) is 0.231. The molecule has 0 saturated heterocycles. The molecule has 0 atom stereocenters. The second-order valence-electron chi connectivity index (χ2n) is 7.50. The van der Waals surface area contributed by atoms with Gasteiger partial charge in [-0.15, -0.1) is 0 Å². The molecular formula is C26H28N6O. The number of benzene rings is 2. The number of rotatable bonds is 9. The third-order valence-electron chi connectivity index (χ3n) is 5.17. The topological polar surface area (TPSA) is 88.2 Å². The number of aliphatic imine (C=N–C) groups is 1. The first kappa shape index (κ1) is 22.2. The molecule has 0 amide bonds. The first-order valence-electron chi connectivity index (χ1n) is 11.2. The Labute approximate surface area is 194 Å². The Morgan fingerprint density at radius 3 is 2.24 bits per heavy atom. The SMILES string of the molecule is CCNC(=NCC(c1ccccc1)c1ccccc1)NCCc1noc(-c2ccccn2)n1. The maximum absolute atomic E-state index is 5.34. The number of hydrogen-bond acceptors (Lipinski definition) is 5. The van der Waals surface area contributed by atoms with E-state index in [9.17, 15) is 0 Å². The summed E-state index contributed by atoms with van der Waals surface area (Å²) in [4.78, 5) is 13.6. The van der Waals surface area contributed by atoms with Crippen LogP contribution in [0.2, 0.25) is 0 Å². The fourth-order valence-corrected chi connectivity index (χ4v) is 3.54. The summed E-state index contributed by atoms with van der Waals surface area (Å²) >= 11 is 0. The summed E-state index contributed by atoms with van der Waals surface area (Å²) in [6.07, 6.45) is 2.32. The van der Waals surface area contributed by atoms with Gasteiger partial charge < -0.3 is 15.2 Å². The minimum Gasteiger partial charge on any atom is -0.357 e. The molecule has 2 aromatic carbocycles. The van der Waals surface area contributed by atoms with Crippen molar-refractivity contribution in [2.75, 3.05) is 19.6 Å². The molecule has 2 aromatic heterocycles. The van der Waals surface area contributed by atoms with Crippen molar-refractivity contribution < 1.29 is 4.52 Å². The van der Waals surface area contributed by atoms with Crippen molar-refractivity contribution in [1.82, 2.24) is 25.8 Å². The Hall–Kier alpha value is -4.00. The van der Waals surface area contributed by atoms with Crippen LogP contribution in [-0.2, 0) is 6.42 Å². The highest BCUT2D eigenvalue weighted by Crippen LogP contribution is 2.24. The van der Waals surface area contributed by atoms with Crippen LogP contribution in [0.1, 0.15) is 29.8 Å². The van der Waals surface area contributed by atoms with E-state index in [0.717, 1.165) is 12.5 Å². The highest BCUT2D eigenvalue weighted by atomic mass is 16.5. The molecule has 0 aliphatic heterocycles. The summed E-state index contributed by atoms with van der Waals surface area (Å²) in [6, 6.07) is 26.6. The lowest BCUT2D eigenvalue weighted by Crippen LogP contribution is -2.38. The molecule has 2 heterocycles. The Morgan fingerprint density at radius 1 is 0.909 bits per heavy atom. The molecule has 0 fully saturated rings. The van der Waals surface area contributed by atoms with Gasteiger partial charge in [-0.2, -0.15) is 4.98 Å². The normalized spacial score (nSPS) is 11.5. The molecule has 4 rings (SSSR count). The molecule has 0 aliphatic carbocycles. The van der Waals surface area contributed by atoms with Crippen LogP contribution in [0.15, 0.2) is 94.6 Å². The van der Waals surface area contributed by atoms with E-state index in [-0.39, 0.29) is 5.92 Å². The molecule has 168 valence electrons. The smallest absolute Gasteiger partial charge is 0.276 e. The van der Waals surface area contributed by atoms with Crippen LogP contribution in [0.3, 0.4) is 0 Å². The Bertz CT molecular complexity index is 1090. The Morgan fingerprint density at radius 2 is 1.61 bits per heavy atom. The number of guanidine groups is 1. The van der Waals surface area contributed by atoms with Crippen LogP contribution in [-0.4, -0.2) is 40.7 Å². The van der Waals surface area contributed by atoms with Gasteiger partial charge in [-0.25, -0.2) is 0 Å². The molecule has 0 unspecified atom stereocenters. The van der Waals surface area contributed by atoms with Gasteiger partial charge in [0, 0.05) is 31.6 Å². The van der Waals surface area contributed by atoms with Gasteiger partial charge in [0.05, 0.1) is 6.54 Å². The minimum absolute atomic E-state index is 0.181. The highest BCUT2D eigenvalue weighted by Gasteiger charge is 2.14. The van der Waals surface area contributed by atoms with Gasteiger partial charge >= 0.3 is 0 Å². The predicted molar refractivity (Wildman–Crippen MR) is 130 cm³/mol. The van der Waals surface area contributed by atoms with Gasteiger partial charge in [0.15, 0.2) is 11.8 Å². The highest BCUT2D eigenvalue weighted by molar-refractivity contribution is 5.79. The number of pyridine rings is 1. The lowest BCUT2D eigenvalue weighted by Gasteiger charge is -2.17. The Kier molecular flexibility index (Phi) is 7.79. The van der Waals surface area contributed by atoms with Gasteiger partial charge in [0.25, 0.3) is 5.89 Å². The lowest BCUT2D eigenvalue weighted by atomic mass is 9.91. The molecule has 2 N–H and O–H groups in total. The van der Waals surface area contributed by atoms with Crippen molar-refractivity contribution >= 4 is 5.96 Å². The second-order valence-corrected chi connectivity index (χ2v) is 7.50. The summed E-state index contributed by atoms with van der Waals surface area (Å²) < 4.78 is 5.34. The van der Waals surface area contributed by atoms with Crippen LogP contribution in [0.4, 0.5) is 0 Å². The number of nitrogens with one attached hydrogen (secondary N) is 2. The molecule has 7 heteroatoms. The van der Waals surface area contributed by atoms with Crippen molar-refractivity contribution in [3.05, 3.63) is 102 Å². The summed E-state index contributed by atoms with van der Waals surface area (Å²) in [5, 5.41) is 10.8. The van der Waals surface area contributed by atoms with E-state index in [1.54, 1.807) is 6.20 Å². The van der Waals surface area contributed by atoms with E-state index in [1.807, 2.05) is 30.3 Å². The molecule has 0 radical (unpaired) electrons.